The minimum atomic E-state index is -4.53. The molecule has 0 unspecified atom stereocenters. The van der Waals surface area contributed by atoms with Crippen LogP contribution < -0.4 is 5.73 Å². The molecule has 0 spiro atoms. The van der Waals surface area contributed by atoms with E-state index in [0.717, 1.165) is 6.07 Å². The third-order valence-electron chi connectivity index (χ3n) is 2.87. The van der Waals surface area contributed by atoms with E-state index in [0.29, 0.717) is 18.5 Å². The van der Waals surface area contributed by atoms with Crippen LogP contribution in [0.3, 0.4) is 0 Å². The van der Waals surface area contributed by atoms with Crippen LogP contribution in [0.15, 0.2) is 12.1 Å². The summed E-state index contributed by atoms with van der Waals surface area (Å²) in [5, 5.41) is 0. The zero-order valence-corrected chi connectivity index (χ0v) is 9.14. The Morgan fingerprint density at radius 2 is 2.00 bits per heavy atom. The van der Waals surface area contributed by atoms with Crippen LogP contribution in [0, 0.1) is 0 Å². The monoisotopic (exact) mass is 244 g/mol. The molecular weight excluding hydrogens is 233 g/mol. The van der Waals surface area contributed by atoms with Gasteiger partial charge in [-0.1, -0.05) is 0 Å². The topological polar surface area (TPSA) is 46.3 Å². The molecule has 1 aliphatic heterocycles. The van der Waals surface area contributed by atoms with Gasteiger partial charge in [0.2, 0.25) is 0 Å². The number of anilines is 1. The number of nitrogens with two attached hydrogens (primary N) is 1. The molecule has 1 aromatic rings. The maximum atomic E-state index is 12.6. The number of carbonyl (C=O) groups is 1. The molecule has 2 N–H and O–H groups in total. The molecule has 0 radical (unpaired) electrons. The third kappa shape index (κ3) is 1.94. The predicted molar refractivity (Wildman–Crippen MR) is 56.5 cm³/mol. The van der Waals surface area contributed by atoms with Crippen LogP contribution in [0.5, 0.6) is 0 Å². The fourth-order valence-electron chi connectivity index (χ4n) is 1.91. The Morgan fingerprint density at radius 1 is 1.35 bits per heavy atom. The van der Waals surface area contributed by atoms with Gasteiger partial charge in [0.25, 0.3) is 5.91 Å². The number of fused-ring (bicyclic) bond motifs is 1. The quantitative estimate of drug-likeness (QED) is 0.709. The van der Waals surface area contributed by atoms with Crippen LogP contribution in [0.2, 0.25) is 0 Å². The van der Waals surface area contributed by atoms with Crippen LogP contribution in [0.1, 0.15) is 21.5 Å². The number of amides is 1. The van der Waals surface area contributed by atoms with Crippen molar-refractivity contribution in [2.45, 2.75) is 12.6 Å². The molecule has 92 valence electrons. The van der Waals surface area contributed by atoms with E-state index in [2.05, 4.69) is 0 Å². The van der Waals surface area contributed by atoms with Crippen LogP contribution >= 0.6 is 0 Å². The van der Waals surface area contributed by atoms with E-state index >= 15 is 0 Å². The smallest absolute Gasteiger partial charge is 0.398 e. The predicted octanol–water partition coefficient (Wildman–Crippen LogP) is 1.92. The van der Waals surface area contributed by atoms with Gasteiger partial charge in [-0.2, -0.15) is 13.2 Å². The number of hydrogen-bond acceptors (Lipinski definition) is 2. The van der Waals surface area contributed by atoms with E-state index in [1.54, 1.807) is 7.05 Å². The number of likely N-dealkylation sites (N-methyl/N-ethyl adjacent to an activating group) is 1. The summed E-state index contributed by atoms with van der Waals surface area (Å²) in [4.78, 5) is 13.1. The summed E-state index contributed by atoms with van der Waals surface area (Å²) in [5.74, 6) is -0.392. The molecular formula is C11H11F3N2O. The fourth-order valence-corrected chi connectivity index (χ4v) is 1.91. The second-order valence-corrected chi connectivity index (χ2v) is 4.07. The Bertz CT molecular complexity index is 482. The van der Waals surface area contributed by atoms with Gasteiger partial charge < -0.3 is 10.6 Å². The van der Waals surface area contributed by atoms with E-state index in [4.69, 9.17) is 5.73 Å². The Balaban J connectivity index is 2.58. The Labute approximate surface area is 96.0 Å². The Kier molecular flexibility index (Phi) is 2.52. The highest BCUT2D eigenvalue weighted by Gasteiger charge is 2.35. The average molecular weight is 244 g/mol. The summed E-state index contributed by atoms with van der Waals surface area (Å²) in [6, 6.07) is 2.10. The zero-order valence-electron chi connectivity index (χ0n) is 9.14. The number of hydrogen-bond donors (Lipinski definition) is 1. The van der Waals surface area contributed by atoms with Gasteiger partial charge in [0.05, 0.1) is 5.56 Å². The van der Waals surface area contributed by atoms with E-state index < -0.39 is 17.6 Å². The first kappa shape index (κ1) is 11.8. The van der Waals surface area contributed by atoms with E-state index in [1.807, 2.05) is 0 Å². The minimum Gasteiger partial charge on any atom is -0.398 e. The minimum absolute atomic E-state index is 0.0975. The molecule has 0 fully saturated rings. The van der Waals surface area contributed by atoms with Gasteiger partial charge in [0, 0.05) is 24.8 Å². The Hall–Kier alpha value is -1.72. The first-order valence-electron chi connectivity index (χ1n) is 5.06. The number of nitrogens with zero attached hydrogens (tertiary/aromatic N) is 1. The van der Waals surface area contributed by atoms with E-state index in [-0.39, 0.29) is 11.3 Å². The molecule has 1 amide bonds. The van der Waals surface area contributed by atoms with Gasteiger partial charge in [-0.15, -0.1) is 0 Å². The largest absolute Gasteiger partial charge is 0.418 e. The van der Waals surface area contributed by atoms with E-state index in [9.17, 15) is 18.0 Å². The Morgan fingerprint density at radius 3 is 2.59 bits per heavy atom. The van der Waals surface area contributed by atoms with Gasteiger partial charge in [-0.3, -0.25) is 4.79 Å². The average Bonchev–Trinajstić information content (AvgIpc) is 2.21. The van der Waals surface area contributed by atoms with Crippen molar-refractivity contribution < 1.29 is 18.0 Å². The van der Waals surface area contributed by atoms with Crippen molar-refractivity contribution >= 4 is 11.6 Å². The second-order valence-electron chi connectivity index (χ2n) is 4.07. The normalized spacial score (nSPS) is 16.0. The summed E-state index contributed by atoms with van der Waals surface area (Å²) in [7, 11) is 1.56. The molecule has 0 saturated heterocycles. The number of alkyl halides is 3. The molecule has 0 bridgehead atoms. The first-order chi connectivity index (χ1) is 7.80. The third-order valence-corrected chi connectivity index (χ3v) is 2.87. The van der Waals surface area contributed by atoms with Gasteiger partial charge in [-0.25, -0.2) is 0 Å². The highest BCUT2D eigenvalue weighted by molar-refractivity contribution is 5.97. The van der Waals surface area contributed by atoms with E-state index in [1.165, 1.54) is 11.0 Å². The fraction of sp³-hybridized carbons (Fsp3) is 0.364. The number of benzene rings is 1. The molecule has 0 saturated carbocycles. The van der Waals surface area contributed by atoms with Crippen LogP contribution in [0.4, 0.5) is 18.9 Å². The lowest BCUT2D eigenvalue weighted by Gasteiger charge is -2.26. The molecule has 2 rings (SSSR count). The highest BCUT2D eigenvalue weighted by Crippen LogP contribution is 2.36. The first-order valence-corrected chi connectivity index (χ1v) is 5.06. The van der Waals surface area contributed by atoms with Crippen LogP contribution in [-0.4, -0.2) is 24.4 Å². The maximum absolute atomic E-state index is 12.6. The summed E-state index contributed by atoms with van der Waals surface area (Å²) >= 11 is 0. The number of rotatable bonds is 0. The zero-order chi connectivity index (χ0) is 12.8. The van der Waals surface area contributed by atoms with Crippen LogP contribution in [0.25, 0.3) is 0 Å². The molecule has 0 atom stereocenters. The summed E-state index contributed by atoms with van der Waals surface area (Å²) < 4.78 is 37.9. The van der Waals surface area contributed by atoms with Crippen molar-refractivity contribution in [2.24, 2.45) is 0 Å². The standard InChI is InChI=1S/C11H11F3N2O/c1-16-3-2-6-4-9(15)8(11(12,13)14)5-7(6)10(16)17/h4-5H,2-3,15H2,1H3. The van der Waals surface area contributed by atoms with Crippen molar-refractivity contribution in [1.82, 2.24) is 4.90 Å². The summed E-state index contributed by atoms with van der Waals surface area (Å²) in [5.41, 5.74) is 4.78. The molecule has 1 aromatic carbocycles. The summed E-state index contributed by atoms with van der Waals surface area (Å²) in [6.45, 7) is 0.497. The summed E-state index contributed by atoms with van der Waals surface area (Å²) in [6.07, 6.45) is -4.00. The maximum Gasteiger partial charge on any atom is 0.418 e. The molecule has 0 aromatic heterocycles. The number of nitrogen functional groups attached to an aromatic ring is 1. The molecule has 0 aliphatic carbocycles. The lowest BCUT2D eigenvalue weighted by molar-refractivity contribution is -0.136. The molecule has 3 nitrogen and oxygen atoms in total. The lowest BCUT2D eigenvalue weighted by atomic mass is 9.95. The second kappa shape index (κ2) is 3.65. The highest BCUT2D eigenvalue weighted by atomic mass is 19.4. The number of carbonyl (C=O) groups excluding carboxylic acids is 1. The van der Waals surface area contributed by atoms with Crippen molar-refractivity contribution in [3.05, 3.63) is 28.8 Å². The molecule has 17 heavy (non-hydrogen) atoms. The van der Waals surface area contributed by atoms with Crippen molar-refractivity contribution in [1.29, 1.82) is 0 Å². The number of halogens is 3. The van der Waals surface area contributed by atoms with Crippen molar-refractivity contribution in [2.75, 3.05) is 19.3 Å². The molecule has 1 heterocycles. The van der Waals surface area contributed by atoms with Gasteiger partial charge in [0.15, 0.2) is 0 Å². The van der Waals surface area contributed by atoms with Crippen molar-refractivity contribution in [3.63, 3.8) is 0 Å². The van der Waals surface area contributed by atoms with Gasteiger partial charge >= 0.3 is 6.18 Å². The van der Waals surface area contributed by atoms with Gasteiger partial charge in [0.1, 0.15) is 0 Å². The van der Waals surface area contributed by atoms with Crippen molar-refractivity contribution in [3.8, 4) is 0 Å². The molecule has 6 heteroatoms. The van der Waals surface area contributed by atoms with Crippen LogP contribution in [-0.2, 0) is 12.6 Å². The SMILES string of the molecule is CN1CCc2cc(N)c(C(F)(F)F)cc2C1=O. The molecule has 1 aliphatic rings. The lowest BCUT2D eigenvalue weighted by Crippen LogP contribution is -2.34. The van der Waals surface area contributed by atoms with Gasteiger partial charge in [-0.05, 0) is 24.1 Å².